The van der Waals surface area contributed by atoms with E-state index in [9.17, 15) is 4.39 Å². The fourth-order valence-electron chi connectivity index (χ4n) is 3.90. The maximum atomic E-state index is 13.4. The molecule has 0 aliphatic carbocycles. The minimum absolute atomic E-state index is 0.157. The monoisotopic (exact) mass is 326 g/mol. The molecular weight excluding hydrogens is 303 g/mol. The molecule has 2 aliphatic rings. The third kappa shape index (κ3) is 3.09. The van der Waals surface area contributed by atoms with Crippen molar-refractivity contribution in [3.05, 3.63) is 71.0 Å². The Labute approximate surface area is 142 Å². The maximum Gasteiger partial charge on any atom is 0.123 e. The van der Waals surface area contributed by atoms with Crippen LogP contribution >= 0.6 is 0 Å². The maximum absolute atomic E-state index is 13.4. The lowest BCUT2D eigenvalue weighted by Crippen LogP contribution is -2.48. The summed E-state index contributed by atoms with van der Waals surface area (Å²) in [5.41, 5.74) is 3.87. The molecule has 4 heteroatoms. The first-order valence-corrected chi connectivity index (χ1v) is 8.70. The van der Waals surface area contributed by atoms with Gasteiger partial charge in [0.15, 0.2) is 0 Å². The van der Waals surface area contributed by atoms with E-state index in [1.807, 2.05) is 12.1 Å². The predicted octanol–water partition coefficient (Wildman–Crippen LogP) is 2.76. The first kappa shape index (κ1) is 15.8. The van der Waals surface area contributed by atoms with Crippen molar-refractivity contribution in [1.82, 2.24) is 10.2 Å². The second kappa shape index (κ2) is 7.01. The molecule has 2 aromatic carbocycles. The van der Waals surface area contributed by atoms with Gasteiger partial charge < -0.3 is 10.1 Å². The number of nitrogens with zero attached hydrogens (tertiary/aromatic N) is 1. The zero-order valence-corrected chi connectivity index (χ0v) is 13.7. The molecule has 0 spiro atoms. The molecule has 3 nitrogen and oxygen atoms in total. The Balaban J connectivity index is 1.73. The van der Waals surface area contributed by atoms with Gasteiger partial charge in [0.1, 0.15) is 5.82 Å². The van der Waals surface area contributed by atoms with Gasteiger partial charge in [-0.15, -0.1) is 0 Å². The third-order valence-electron chi connectivity index (χ3n) is 5.09. The molecule has 2 aliphatic heterocycles. The molecule has 2 aromatic rings. The second-order valence-electron chi connectivity index (χ2n) is 6.57. The van der Waals surface area contributed by atoms with E-state index >= 15 is 0 Å². The molecule has 0 radical (unpaired) electrons. The fourth-order valence-corrected chi connectivity index (χ4v) is 3.90. The zero-order valence-electron chi connectivity index (χ0n) is 13.7. The van der Waals surface area contributed by atoms with Gasteiger partial charge in [-0.1, -0.05) is 36.4 Å². The van der Waals surface area contributed by atoms with Crippen molar-refractivity contribution in [3.63, 3.8) is 0 Å². The van der Waals surface area contributed by atoms with Crippen molar-refractivity contribution in [3.8, 4) is 0 Å². The molecule has 1 fully saturated rings. The van der Waals surface area contributed by atoms with Crippen LogP contribution < -0.4 is 5.32 Å². The summed E-state index contributed by atoms with van der Waals surface area (Å²) in [4.78, 5) is 2.52. The van der Waals surface area contributed by atoms with Crippen molar-refractivity contribution in [2.45, 2.75) is 18.5 Å². The van der Waals surface area contributed by atoms with Gasteiger partial charge in [-0.2, -0.15) is 0 Å². The highest BCUT2D eigenvalue weighted by molar-refractivity contribution is 5.40. The normalized spacial score (nSPS) is 25.0. The van der Waals surface area contributed by atoms with Crippen LogP contribution in [0, 0.1) is 5.82 Å². The van der Waals surface area contributed by atoms with E-state index in [0.29, 0.717) is 6.04 Å². The molecule has 1 N–H and O–H groups in total. The van der Waals surface area contributed by atoms with E-state index in [-0.39, 0.29) is 11.9 Å². The van der Waals surface area contributed by atoms with Crippen LogP contribution in [0.25, 0.3) is 0 Å². The molecule has 24 heavy (non-hydrogen) atoms. The third-order valence-corrected chi connectivity index (χ3v) is 5.09. The number of hydrogen-bond donors (Lipinski definition) is 1. The van der Waals surface area contributed by atoms with Crippen molar-refractivity contribution < 1.29 is 9.13 Å². The smallest absolute Gasteiger partial charge is 0.123 e. The average molecular weight is 326 g/mol. The fraction of sp³-hybridized carbons (Fsp3) is 0.400. The molecule has 0 bridgehead atoms. The van der Waals surface area contributed by atoms with Gasteiger partial charge in [-0.05, 0) is 35.2 Å². The Hall–Kier alpha value is -1.75. The Kier molecular flexibility index (Phi) is 4.60. The number of rotatable bonds is 2. The van der Waals surface area contributed by atoms with Gasteiger partial charge in [0.05, 0.1) is 19.3 Å². The summed E-state index contributed by atoms with van der Waals surface area (Å²) in [6, 6.07) is 16.1. The molecule has 2 heterocycles. The summed E-state index contributed by atoms with van der Waals surface area (Å²) in [6.07, 6.45) is 1.05. The van der Waals surface area contributed by atoms with Crippen LogP contribution in [0.5, 0.6) is 0 Å². The van der Waals surface area contributed by atoms with Crippen molar-refractivity contribution in [1.29, 1.82) is 0 Å². The number of benzene rings is 2. The predicted molar refractivity (Wildman–Crippen MR) is 92.6 cm³/mol. The van der Waals surface area contributed by atoms with Crippen LogP contribution in [0.2, 0.25) is 0 Å². The Morgan fingerprint density at radius 1 is 1.08 bits per heavy atom. The van der Waals surface area contributed by atoms with E-state index in [1.54, 1.807) is 12.1 Å². The van der Waals surface area contributed by atoms with Crippen LogP contribution in [-0.4, -0.2) is 43.8 Å². The summed E-state index contributed by atoms with van der Waals surface area (Å²) in [5, 5.41) is 3.47. The van der Waals surface area contributed by atoms with E-state index in [1.165, 1.54) is 11.1 Å². The molecule has 2 atom stereocenters. The van der Waals surface area contributed by atoms with Gasteiger partial charge >= 0.3 is 0 Å². The largest absolute Gasteiger partial charge is 0.378 e. The highest BCUT2D eigenvalue weighted by Crippen LogP contribution is 2.36. The van der Waals surface area contributed by atoms with Crippen LogP contribution in [0.4, 0.5) is 4.39 Å². The molecule has 4 rings (SSSR count). The first-order chi connectivity index (χ1) is 11.8. The second-order valence-corrected chi connectivity index (χ2v) is 6.57. The molecule has 0 aromatic heterocycles. The van der Waals surface area contributed by atoms with Gasteiger partial charge in [-0.25, -0.2) is 4.39 Å². The van der Waals surface area contributed by atoms with Gasteiger partial charge in [-0.3, -0.25) is 4.90 Å². The molecule has 0 saturated carbocycles. The highest BCUT2D eigenvalue weighted by atomic mass is 19.1. The zero-order chi connectivity index (χ0) is 16.4. The van der Waals surface area contributed by atoms with E-state index < -0.39 is 0 Å². The number of halogens is 1. The Morgan fingerprint density at radius 3 is 2.79 bits per heavy atom. The van der Waals surface area contributed by atoms with Gasteiger partial charge in [0, 0.05) is 25.7 Å². The van der Waals surface area contributed by atoms with E-state index in [2.05, 4.69) is 34.5 Å². The van der Waals surface area contributed by atoms with E-state index in [0.717, 1.165) is 44.8 Å². The minimum atomic E-state index is -0.186. The lowest BCUT2D eigenvalue weighted by molar-refractivity contribution is 0.0610. The summed E-state index contributed by atoms with van der Waals surface area (Å²) in [7, 11) is 0. The topological polar surface area (TPSA) is 24.5 Å². The van der Waals surface area contributed by atoms with Gasteiger partial charge in [0.25, 0.3) is 0 Å². The molecular formula is C20H23FN2O. The number of nitrogens with one attached hydrogen (secondary N) is 1. The summed E-state index contributed by atoms with van der Waals surface area (Å²) >= 11 is 0. The summed E-state index contributed by atoms with van der Waals surface area (Å²) in [6.45, 7) is 4.34. The molecule has 1 saturated heterocycles. The van der Waals surface area contributed by atoms with Crippen LogP contribution in [0.15, 0.2) is 48.5 Å². The van der Waals surface area contributed by atoms with Crippen LogP contribution in [-0.2, 0) is 11.2 Å². The molecule has 126 valence electrons. The number of fused-ring (bicyclic) bond motifs is 1. The quantitative estimate of drug-likeness (QED) is 0.918. The Bertz CT molecular complexity index is 680. The van der Waals surface area contributed by atoms with E-state index in [4.69, 9.17) is 4.74 Å². The first-order valence-electron chi connectivity index (χ1n) is 8.70. The lowest BCUT2D eigenvalue weighted by atomic mass is 9.87. The number of ether oxygens (including phenoxy) is 1. The molecule has 0 amide bonds. The van der Waals surface area contributed by atoms with Crippen LogP contribution in [0.1, 0.15) is 22.7 Å². The summed E-state index contributed by atoms with van der Waals surface area (Å²) in [5.74, 6) is -0.186. The lowest BCUT2D eigenvalue weighted by Gasteiger charge is -2.42. The Morgan fingerprint density at radius 2 is 1.92 bits per heavy atom. The standard InChI is InChI=1S/C20H23FN2O/c21-17-7-5-16(6-8-17)20-19-4-2-1-3-15(19)9-11-23(20)18-13-22-10-12-24-14-18/h1-8,18,20,22H,9-14H2/t18-,20+/m1/s1. The van der Waals surface area contributed by atoms with Crippen molar-refractivity contribution in [2.24, 2.45) is 0 Å². The van der Waals surface area contributed by atoms with Crippen molar-refractivity contribution >= 4 is 0 Å². The van der Waals surface area contributed by atoms with Crippen molar-refractivity contribution in [2.75, 3.05) is 32.8 Å². The SMILES string of the molecule is Fc1ccc([C@H]2c3ccccc3CCN2[C@@H]2CNCCOC2)cc1. The minimum Gasteiger partial charge on any atom is -0.378 e. The van der Waals surface area contributed by atoms with Gasteiger partial charge in [0.2, 0.25) is 0 Å². The highest BCUT2D eigenvalue weighted by Gasteiger charge is 2.33. The molecule has 0 unspecified atom stereocenters. The van der Waals surface area contributed by atoms with Crippen LogP contribution in [0.3, 0.4) is 0 Å². The average Bonchev–Trinajstić information content (AvgIpc) is 2.91. The number of hydrogen-bond acceptors (Lipinski definition) is 3. The summed E-state index contributed by atoms with van der Waals surface area (Å²) < 4.78 is 19.2.